The fourth-order valence-electron chi connectivity index (χ4n) is 3.86. The van der Waals surface area contributed by atoms with Crippen LogP contribution in [0.25, 0.3) is 0 Å². The first-order chi connectivity index (χ1) is 15.5. The van der Waals surface area contributed by atoms with E-state index >= 15 is 0 Å². The van der Waals surface area contributed by atoms with Crippen LogP contribution in [-0.2, 0) is 16.6 Å². The van der Waals surface area contributed by atoms with Gasteiger partial charge in [0.1, 0.15) is 5.76 Å². The van der Waals surface area contributed by atoms with Crippen molar-refractivity contribution in [2.45, 2.75) is 36.7 Å². The Balaban J connectivity index is 1.37. The maximum Gasteiger partial charge on any atom is 0.251 e. The number of furan rings is 1. The van der Waals surface area contributed by atoms with E-state index in [9.17, 15) is 13.2 Å². The lowest BCUT2D eigenvalue weighted by atomic mass is 10.1. The second-order valence-corrected chi connectivity index (χ2v) is 10.6. The largest absolute Gasteiger partial charge is 0.468 e. The fourth-order valence-corrected chi connectivity index (χ4v) is 5.60. The highest BCUT2D eigenvalue weighted by Gasteiger charge is 2.25. The second kappa shape index (κ2) is 10.4. The van der Waals surface area contributed by atoms with E-state index in [-0.39, 0.29) is 23.4 Å². The summed E-state index contributed by atoms with van der Waals surface area (Å²) >= 11 is 1.49. The van der Waals surface area contributed by atoms with Crippen molar-refractivity contribution in [3.05, 3.63) is 76.4 Å². The first kappa shape index (κ1) is 22.7. The molecule has 170 valence electrons. The van der Waals surface area contributed by atoms with Crippen LogP contribution in [-0.4, -0.2) is 38.9 Å². The van der Waals surface area contributed by atoms with E-state index in [0.717, 1.165) is 36.6 Å². The number of amides is 1. The van der Waals surface area contributed by atoms with Gasteiger partial charge < -0.3 is 9.73 Å². The number of likely N-dealkylation sites (tertiary alicyclic amines) is 1. The predicted molar refractivity (Wildman–Crippen MR) is 124 cm³/mol. The molecule has 0 saturated carbocycles. The van der Waals surface area contributed by atoms with E-state index in [1.807, 2.05) is 29.6 Å². The number of carbonyl (C=O) groups is 1. The topological polar surface area (TPSA) is 91.7 Å². The number of hydrogen-bond donors (Lipinski definition) is 2. The number of nitrogens with zero attached hydrogens (tertiary/aromatic N) is 1. The van der Waals surface area contributed by atoms with Crippen LogP contribution in [0.15, 0.2) is 69.5 Å². The monoisotopic (exact) mass is 473 g/mol. The number of piperidine rings is 1. The van der Waals surface area contributed by atoms with Gasteiger partial charge in [-0.05, 0) is 73.8 Å². The predicted octanol–water partition coefficient (Wildman–Crippen LogP) is 3.78. The third-order valence-electron chi connectivity index (χ3n) is 5.60. The number of nitrogens with one attached hydrogen (secondary N) is 2. The fraction of sp³-hybridized carbons (Fsp3) is 0.348. The van der Waals surface area contributed by atoms with Crippen molar-refractivity contribution in [2.24, 2.45) is 0 Å². The van der Waals surface area contributed by atoms with Crippen LogP contribution in [0.2, 0.25) is 0 Å². The Hall–Kier alpha value is -2.46. The van der Waals surface area contributed by atoms with Crippen LogP contribution in [0.1, 0.15) is 46.3 Å². The molecule has 4 rings (SSSR count). The number of rotatable bonds is 9. The van der Waals surface area contributed by atoms with Gasteiger partial charge in [-0.25, -0.2) is 13.1 Å². The third kappa shape index (κ3) is 5.66. The molecule has 32 heavy (non-hydrogen) atoms. The minimum Gasteiger partial charge on any atom is -0.468 e. The van der Waals surface area contributed by atoms with Crippen LogP contribution >= 0.6 is 11.3 Å². The summed E-state index contributed by atoms with van der Waals surface area (Å²) in [5.74, 6) is 0.597. The van der Waals surface area contributed by atoms with E-state index in [2.05, 4.69) is 14.9 Å². The molecule has 3 heterocycles. The quantitative estimate of drug-likeness (QED) is 0.494. The maximum absolute atomic E-state index is 12.7. The number of benzene rings is 1. The van der Waals surface area contributed by atoms with Crippen LogP contribution in [0.3, 0.4) is 0 Å². The Morgan fingerprint density at radius 3 is 2.50 bits per heavy atom. The Morgan fingerprint density at radius 1 is 1.06 bits per heavy atom. The molecule has 0 aliphatic carbocycles. The molecule has 0 bridgehead atoms. The standard InChI is InChI=1S/C23H27N3O4S2/c27-23(24-17-21(22-7-4-14-30-22)26-12-2-1-3-13-26)18-8-10-20(11-9-18)32(28,29)25-16-19-6-5-15-31-19/h4-11,14-15,21,25H,1-3,12-13,16-17H2,(H,24,27). The molecule has 1 saturated heterocycles. The normalized spacial score (nSPS) is 16.0. The smallest absolute Gasteiger partial charge is 0.251 e. The van der Waals surface area contributed by atoms with Gasteiger partial charge in [0.2, 0.25) is 10.0 Å². The summed E-state index contributed by atoms with van der Waals surface area (Å²) in [6.07, 6.45) is 5.16. The number of hydrogen-bond acceptors (Lipinski definition) is 6. The van der Waals surface area contributed by atoms with Crippen LogP contribution < -0.4 is 10.0 Å². The van der Waals surface area contributed by atoms with E-state index in [1.54, 1.807) is 6.26 Å². The summed E-state index contributed by atoms with van der Waals surface area (Å²) < 4.78 is 33.2. The summed E-state index contributed by atoms with van der Waals surface area (Å²) in [6.45, 7) is 2.63. The molecule has 1 amide bonds. The molecule has 1 aliphatic rings. The zero-order valence-corrected chi connectivity index (χ0v) is 19.3. The first-order valence-electron chi connectivity index (χ1n) is 10.7. The molecular formula is C23H27N3O4S2. The molecule has 1 fully saturated rings. The van der Waals surface area contributed by atoms with Crippen molar-refractivity contribution >= 4 is 27.3 Å². The minimum absolute atomic E-state index is 0.0182. The molecule has 0 spiro atoms. The lowest BCUT2D eigenvalue weighted by Gasteiger charge is -2.33. The van der Waals surface area contributed by atoms with Gasteiger partial charge in [0.15, 0.2) is 0 Å². The van der Waals surface area contributed by atoms with Gasteiger partial charge in [-0.3, -0.25) is 9.69 Å². The number of thiophene rings is 1. The molecule has 9 heteroatoms. The first-order valence-corrected chi connectivity index (χ1v) is 13.1. The average molecular weight is 474 g/mol. The lowest BCUT2D eigenvalue weighted by molar-refractivity contribution is 0.0914. The highest BCUT2D eigenvalue weighted by atomic mass is 32.2. The summed E-state index contributed by atoms with van der Waals surface area (Å²) in [5, 5.41) is 4.88. The Morgan fingerprint density at radius 2 is 1.84 bits per heavy atom. The summed E-state index contributed by atoms with van der Waals surface area (Å²) in [5.41, 5.74) is 0.416. The zero-order chi connectivity index (χ0) is 22.4. The molecule has 3 aromatic rings. The third-order valence-corrected chi connectivity index (χ3v) is 7.90. The zero-order valence-electron chi connectivity index (χ0n) is 17.7. The van der Waals surface area contributed by atoms with Gasteiger partial charge in [0.05, 0.1) is 17.2 Å². The molecule has 1 unspecified atom stereocenters. The highest BCUT2D eigenvalue weighted by molar-refractivity contribution is 7.89. The van der Waals surface area contributed by atoms with Gasteiger partial charge in [-0.2, -0.15) is 0 Å². The summed E-state index contributed by atoms with van der Waals surface area (Å²) in [7, 11) is -3.64. The van der Waals surface area contributed by atoms with E-state index < -0.39 is 10.0 Å². The summed E-state index contributed by atoms with van der Waals surface area (Å²) in [4.78, 5) is 16.1. The Labute approximate surface area is 192 Å². The maximum atomic E-state index is 12.7. The van der Waals surface area contributed by atoms with Gasteiger partial charge >= 0.3 is 0 Å². The van der Waals surface area contributed by atoms with E-state index in [0.29, 0.717) is 12.1 Å². The lowest BCUT2D eigenvalue weighted by Crippen LogP contribution is -2.40. The summed E-state index contributed by atoms with van der Waals surface area (Å²) in [6, 6.07) is 13.5. The highest BCUT2D eigenvalue weighted by Crippen LogP contribution is 2.24. The van der Waals surface area contributed by atoms with Crippen molar-refractivity contribution in [2.75, 3.05) is 19.6 Å². The van der Waals surface area contributed by atoms with Crippen molar-refractivity contribution in [1.29, 1.82) is 0 Å². The molecule has 1 atom stereocenters. The number of sulfonamides is 1. The van der Waals surface area contributed by atoms with Crippen LogP contribution in [0.4, 0.5) is 0 Å². The second-order valence-electron chi connectivity index (χ2n) is 7.77. The molecule has 2 N–H and O–H groups in total. The Bertz CT molecular complexity index is 1090. The van der Waals surface area contributed by atoms with Crippen molar-refractivity contribution in [3.8, 4) is 0 Å². The van der Waals surface area contributed by atoms with Crippen LogP contribution in [0.5, 0.6) is 0 Å². The minimum atomic E-state index is -3.64. The van der Waals surface area contributed by atoms with Gasteiger partial charge in [0.25, 0.3) is 5.91 Å². The van der Waals surface area contributed by atoms with Crippen molar-refractivity contribution in [1.82, 2.24) is 14.9 Å². The molecule has 1 aromatic carbocycles. The molecule has 0 radical (unpaired) electrons. The van der Waals surface area contributed by atoms with Gasteiger partial charge in [-0.1, -0.05) is 12.5 Å². The molecular weight excluding hydrogens is 446 g/mol. The number of carbonyl (C=O) groups excluding carboxylic acids is 1. The molecule has 1 aliphatic heterocycles. The van der Waals surface area contributed by atoms with E-state index in [4.69, 9.17) is 4.42 Å². The van der Waals surface area contributed by atoms with Gasteiger partial charge in [-0.15, -0.1) is 11.3 Å². The Kier molecular flexibility index (Phi) is 7.41. The van der Waals surface area contributed by atoms with Crippen LogP contribution in [0, 0.1) is 0 Å². The van der Waals surface area contributed by atoms with E-state index in [1.165, 1.54) is 42.0 Å². The van der Waals surface area contributed by atoms with Crippen molar-refractivity contribution in [3.63, 3.8) is 0 Å². The average Bonchev–Trinajstić information content (AvgIpc) is 3.53. The molecule has 2 aromatic heterocycles. The molecule has 7 nitrogen and oxygen atoms in total. The van der Waals surface area contributed by atoms with Gasteiger partial charge in [0, 0.05) is 23.5 Å². The van der Waals surface area contributed by atoms with Crippen molar-refractivity contribution < 1.29 is 17.6 Å². The SMILES string of the molecule is O=C(NCC(c1ccco1)N1CCCCC1)c1ccc(S(=O)(=O)NCc2cccs2)cc1.